The molecule has 0 aromatic heterocycles. The summed E-state index contributed by atoms with van der Waals surface area (Å²) in [7, 11) is 1.44. The van der Waals surface area contributed by atoms with Crippen LogP contribution in [0.15, 0.2) is 84.9 Å². The van der Waals surface area contributed by atoms with Crippen LogP contribution in [0.5, 0.6) is 0 Å². The Kier molecular flexibility index (Phi) is 4.95. The molecular weight excluding hydrogens is 374 g/mol. The van der Waals surface area contributed by atoms with E-state index in [1.165, 1.54) is 7.11 Å². The molecule has 1 heterocycles. The van der Waals surface area contributed by atoms with Crippen molar-refractivity contribution in [2.24, 2.45) is 5.92 Å². The first-order valence-electron chi connectivity index (χ1n) is 10.2. The van der Waals surface area contributed by atoms with Crippen LogP contribution >= 0.6 is 0 Å². The molecule has 5 rings (SSSR count). The van der Waals surface area contributed by atoms with Gasteiger partial charge in [0.1, 0.15) is 5.92 Å². The predicted octanol–water partition coefficient (Wildman–Crippen LogP) is 5.27. The highest BCUT2D eigenvalue weighted by Gasteiger charge is 2.43. The third-order valence-electron chi connectivity index (χ3n) is 5.91. The standard InChI is InChI=1S/C26H23NO3/c1-29-26(28)23-17-30-27(16-18-9-3-2-4-10-18)25(23)24-21-13-7-5-11-19(21)15-20-12-6-8-14-22(20)24/h2-15,23,25H,16-17H2,1H3/t23-,25-/m1/s1. The molecule has 150 valence electrons. The third-order valence-corrected chi connectivity index (χ3v) is 5.91. The van der Waals surface area contributed by atoms with Gasteiger partial charge in [0.25, 0.3) is 0 Å². The van der Waals surface area contributed by atoms with Gasteiger partial charge in [0, 0.05) is 6.54 Å². The van der Waals surface area contributed by atoms with Gasteiger partial charge in [0.05, 0.1) is 19.8 Å². The van der Waals surface area contributed by atoms with E-state index in [4.69, 9.17) is 9.57 Å². The van der Waals surface area contributed by atoms with Crippen molar-refractivity contribution in [2.45, 2.75) is 12.6 Å². The molecule has 1 saturated heterocycles. The van der Waals surface area contributed by atoms with Crippen LogP contribution in [0.25, 0.3) is 21.5 Å². The van der Waals surface area contributed by atoms with E-state index in [0.717, 1.165) is 32.7 Å². The largest absolute Gasteiger partial charge is 0.469 e. The van der Waals surface area contributed by atoms with Crippen LogP contribution in [-0.4, -0.2) is 24.7 Å². The Bertz CT molecular complexity index is 1150. The first-order valence-corrected chi connectivity index (χ1v) is 10.2. The molecule has 0 bridgehead atoms. The molecule has 4 aromatic carbocycles. The number of esters is 1. The summed E-state index contributed by atoms with van der Waals surface area (Å²) in [4.78, 5) is 18.8. The van der Waals surface area contributed by atoms with Crippen molar-refractivity contribution in [2.75, 3.05) is 13.7 Å². The molecule has 0 saturated carbocycles. The number of hydroxylamine groups is 2. The zero-order chi connectivity index (χ0) is 20.5. The van der Waals surface area contributed by atoms with Crippen molar-refractivity contribution >= 4 is 27.5 Å². The quantitative estimate of drug-likeness (QED) is 0.347. The summed E-state index contributed by atoms with van der Waals surface area (Å²) in [6, 6.07) is 28.8. The van der Waals surface area contributed by atoms with Crippen LogP contribution in [0, 0.1) is 5.92 Å². The highest BCUT2D eigenvalue weighted by molar-refractivity contribution is 6.03. The monoisotopic (exact) mass is 397 g/mol. The number of carbonyl (C=O) groups is 1. The molecule has 0 amide bonds. The smallest absolute Gasteiger partial charge is 0.313 e. The summed E-state index contributed by atoms with van der Waals surface area (Å²) < 4.78 is 5.16. The van der Waals surface area contributed by atoms with Gasteiger partial charge in [-0.05, 0) is 38.7 Å². The van der Waals surface area contributed by atoms with E-state index < -0.39 is 5.92 Å². The summed E-state index contributed by atoms with van der Waals surface area (Å²) in [5.41, 5.74) is 2.25. The Morgan fingerprint density at radius 2 is 1.53 bits per heavy atom. The molecule has 4 heteroatoms. The lowest BCUT2D eigenvalue weighted by molar-refractivity contribution is -0.146. The maximum Gasteiger partial charge on any atom is 0.313 e. The summed E-state index contributed by atoms with van der Waals surface area (Å²) in [5, 5.41) is 6.53. The van der Waals surface area contributed by atoms with Gasteiger partial charge in [0.2, 0.25) is 0 Å². The van der Waals surface area contributed by atoms with Gasteiger partial charge in [-0.1, -0.05) is 78.9 Å². The lowest BCUT2D eigenvalue weighted by Crippen LogP contribution is -2.29. The molecule has 1 aliphatic rings. The van der Waals surface area contributed by atoms with Crippen LogP contribution < -0.4 is 0 Å². The average Bonchev–Trinajstić information content (AvgIpc) is 3.20. The van der Waals surface area contributed by atoms with Gasteiger partial charge < -0.3 is 4.74 Å². The fourth-order valence-corrected chi connectivity index (χ4v) is 4.52. The third kappa shape index (κ3) is 3.24. The molecule has 1 fully saturated rings. The van der Waals surface area contributed by atoms with E-state index in [-0.39, 0.29) is 12.0 Å². The van der Waals surface area contributed by atoms with Crippen molar-refractivity contribution in [1.82, 2.24) is 5.06 Å². The number of ether oxygens (including phenoxy) is 1. The molecule has 0 unspecified atom stereocenters. The maximum atomic E-state index is 12.7. The summed E-state index contributed by atoms with van der Waals surface area (Å²) >= 11 is 0. The van der Waals surface area contributed by atoms with Crippen LogP contribution in [0.2, 0.25) is 0 Å². The van der Waals surface area contributed by atoms with E-state index in [1.54, 1.807) is 0 Å². The van der Waals surface area contributed by atoms with Crippen LogP contribution in [-0.2, 0) is 20.9 Å². The number of fused-ring (bicyclic) bond motifs is 2. The number of hydrogen-bond acceptors (Lipinski definition) is 4. The molecule has 0 N–H and O–H groups in total. The minimum atomic E-state index is -0.395. The molecule has 30 heavy (non-hydrogen) atoms. The van der Waals surface area contributed by atoms with E-state index in [9.17, 15) is 4.79 Å². The first kappa shape index (κ1) is 18.8. The lowest BCUT2D eigenvalue weighted by Gasteiger charge is -2.28. The van der Waals surface area contributed by atoms with Gasteiger partial charge in [-0.25, -0.2) is 0 Å². The van der Waals surface area contributed by atoms with Crippen LogP contribution in [0.3, 0.4) is 0 Å². The van der Waals surface area contributed by atoms with Gasteiger partial charge >= 0.3 is 5.97 Å². The zero-order valence-corrected chi connectivity index (χ0v) is 16.8. The molecule has 4 nitrogen and oxygen atoms in total. The minimum absolute atomic E-state index is 0.242. The molecule has 4 aromatic rings. The van der Waals surface area contributed by atoms with E-state index >= 15 is 0 Å². The van der Waals surface area contributed by atoms with E-state index in [0.29, 0.717) is 13.2 Å². The summed E-state index contributed by atoms with van der Waals surface area (Å²) in [6.45, 7) is 0.901. The van der Waals surface area contributed by atoms with Crippen molar-refractivity contribution in [3.05, 3.63) is 96.1 Å². The Morgan fingerprint density at radius 3 is 2.17 bits per heavy atom. The Hall–Kier alpha value is -3.21. The first-order chi connectivity index (χ1) is 14.8. The second kappa shape index (κ2) is 7.90. The molecule has 1 aliphatic heterocycles. The topological polar surface area (TPSA) is 38.8 Å². The molecule has 0 radical (unpaired) electrons. The Morgan fingerprint density at radius 1 is 0.933 bits per heavy atom. The second-order valence-corrected chi connectivity index (χ2v) is 7.66. The van der Waals surface area contributed by atoms with Crippen molar-refractivity contribution in [1.29, 1.82) is 0 Å². The van der Waals surface area contributed by atoms with Crippen molar-refractivity contribution < 1.29 is 14.4 Å². The number of benzene rings is 4. The second-order valence-electron chi connectivity index (χ2n) is 7.66. The van der Waals surface area contributed by atoms with Crippen molar-refractivity contribution in [3.63, 3.8) is 0 Å². The molecule has 2 atom stereocenters. The predicted molar refractivity (Wildman–Crippen MR) is 118 cm³/mol. The van der Waals surface area contributed by atoms with Gasteiger partial charge in [-0.3, -0.25) is 9.63 Å². The highest BCUT2D eigenvalue weighted by Crippen LogP contribution is 2.43. The minimum Gasteiger partial charge on any atom is -0.469 e. The molecular formula is C26H23NO3. The SMILES string of the molecule is COC(=O)[C@@H]1CON(Cc2ccccc2)[C@H]1c1c2ccccc2cc2ccccc12. The Balaban J connectivity index is 1.72. The average molecular weight is 397 g/mol. The van der Waals surface area contributed by atoms with Gasteiger partial charge in [-0.15, -0.1) is 0 Å². The lowest BCUT2D eigenvalue weighted by atomic mass is 9.86. The van der Waals surface area contributed by atoms with E-state index in [1.807, 2.05) is 47.5 Å². The summed E-state index contributed by atoms with van der Waals surface area (Å²) in [5.74, 6) is -0.638. The number of methoxy groups -OCH3 is 1. The van der Waals surface area contributed by atoms with Gasteiger partial charge in [0.15, 0.2) is 0 Å². The Labute approximate surface area is 175 Å². The number of nitrogens with zero attached hydrogens (tertiary/aromatic N) is 1. The molecule has 0 aliphatic carbocycles. The zero-order valence-electron chi connectivity index (χ0n) is 16.8. The van der Waals surface area contributed by atoms with E-state index in [2.05, 4.69) is 42.5 Å². The van der Waals surface area contributed by atoms with Crippen LogP contribution in [0.4, 0.5) is 0 Å². The highest BCUT2D eigenvalue weighted by atomic mass is 16.7. The van der Waals surface area contributed by atoms with Gasteiger partial charge in [-0.2, -0.15) is 5.06 Å². The fraction of sp³-hybridized carbons (Fsp3) is 0.192. The van der Waals surface area contributed by atoms with Crippen molar-refractivity contribution in [3.8, 4) is 0 Å². The van der Waals surface area contributed by atoms with Crippen LogP contribution in [0.1, 0.15) is 17.2 Å². The summed E-state index contributed by atoms with van der Waals surface area (Å²) in [6.07, 6.45) is 0. The number of carbonyl (C=O) groups excluding carboxylic acids is 1. The fourth-order valence-electron chi connectivity index (χ4n) is 4.52. The number of rotatable bonds is 4. The maximum absolute atomic E-state index is 12.7. The normalized spacial score (nSPS) is 19.4. The molecule has 0 spiro atoms. The number of hydrogen-bond donors (Lipinski definition) is 0.